The van der Waals surface area contributed by atoms with Gasteiger partial charge in [0.05, 0.1) is 15.5 Å². The fourth-order valence-electron chi connectivity index (χ4n) is 1.70. The first-order chi connectivity index (χ1) is 9.62. The topological polar surface area (TPSA) is 63.2 Å². The number of nitrogens with one attached hydrogen (secondary N) is 1. The Bertz CT molecular complexity index is 633. The average Bonchev–Trinajstić information content (AvgIpc) is 2.32. The van der Waals surface area contributed by atoms with Crippen molar-refractivity contribution in [2.45, 2.75) is 31.6 Å². The Morgan fingerprint density at radius 3 is 2.52 bits per heavy atom. The summed E-state index contributed by atoms with van der Waals surface area (Å²) in [5.74, 6) is 0.143. The lowest BCUT2D eigenvalue weighted by Crippen LogP contribution is -2.25. The second-order valence-corrected chi connectivity index (χ2v) is 8.79. The molecule has 0 unspecified atom stereocenters. The third-order valence-electron chi connectivity index (χ3n) is 2.77. The first-order valence-electron chi connectivity index (χ1n) is 6.35. The number of hydrogen-bond acceptors (Lipinski definition) is 3. The average molecular weight is 417 g/mol. The van der Waals surface area contributed by atoms with Gasteiger partial charge in [0.15, 0.2) is 0 Å². The van der Waals surface area contributed by atoms with Gasteiger partial charge in [-0.2, -0.15) is 0 Å². The van der Waals surface area contributed by atoms with Crippen LogP contribution in [0, 0.1) is 5.92 Å². The Morgan fingerprint density at radius 2 is 2.00 bits per heavy atom. The Kier molecular flexibility index (Phi) is 6.97. The van der Waals surface area contributed by atoms with Gasteiger partial charge in [-0.1, -0.05) is 25.4 Å². The molecule has 0 fully saturated rings. The number of benzene rings is 1. The molecule has 118 valence electrons. The Balaban J connectivity index is 2.90. The molecule has 21 heavy (non-hydrogen) atoms. The van der Waals surface area contributed by atoms with Crippen LogP contribution in [0.1, 0.15) is 37.0 Å². The molecule has 0 bridgehead atoms. The van der Waals surface area contributed by atoms with Gasteiger partial charge in [-0.25, -0.2) is 8.42 Å². The van der Waals surface area contributed by atoms with Crippen molar-refractivity contribution in [2.75, 3.05) is 6.54 Å². The number of amides is 1. The number of rotatable bonds is 6. The summed E-state index contributed by atoms with van der Waals surface area (Å²) in [6.45, 7) is 4.71. The Hall–Kier alpha value is -0.300. The Labute approximate surface area is 142 Å². The van der Waals surface area contributed by atoms with Crippen LogP contribution in [0.15, 0.2) is 21.5 Å². The molecule has 0 atom stereocenters. The normalized spacial score (nSPS) is 11.7. The molecule has 1 amide bonds. The highest BCUT2D eigenvalue weighted by molar-refractivity contribution is 9.10. The van der Waals surface area contributed by atoms with Gasteiger partial charge in [-0.15, -0.1) is 0 Å². The lowest BCUT2D eigenvalue weighted by Gasteiger charge is -2.10. The quantitative estimate of drug-likeness (QED) is 0.558. The van der Waals surface area contributed by atoms with Gasteiger partial charge in [0, 0.05) is 21.7 Å². The van der Waals surface area contributed by atoms with Crippen LogP contribution in [0.5, 0.6) is 0 Å². The van der Waals surface area contributed by atoms with Gasteiger partial charge in [-0.05, 0) is 46.8 Å². The van der Waals surface area contributed by atoms with Gasteiger partial charge in [-0.3, -0.25) is 4.79 Å². The van der Waals surface area contributed by atoms with Gasteiger partial charge in [0.2, 0.25) is 0 Å². The van der Waals surface area contributed by atoms with E-state index in [1.54, 1.807) is 0 Å². The molecule has 0 radical (unpaired) electrons. The van der Waals surface area contributed by atoms with Crippen molar-refractivity contribution in [3.63, 3.8) is 0 Å². The van der Waals surface area contributed by atoms with Crippen molar-refractivity contribution in [1.29, 1.82) is 0 Å². The van der Waals surface area contributed by atoms with Crippen LogP contribution in [0.3, 0.4) is 0 Å². The third kappa shape index (κ3) is 5.77. The van der Waals surface area contributed by atoms with Crippen LogP contribution in [-0.4, -0.2) is 20.9 Å². The van der Waals surface area contributed by atoms with Crippen LogP contribution >= 0.6 is 38.2 Å². The lowest BCUT2D eigenvalue weighted by molar-refractivity contribution is 0.0952. The zero-order valence-corrected chi connectivity index (χ0v) is 15.5. The molecule has 8 heteroatoms. The van der Waals surface area contributed by atoms with Crippen molar-refractivity contribution in [1.82, 2.24) is 5.32 Å². The molecular formula is C13H16BrCl2NO3S. The minimum absolute atomic E-state index is 0.0867. The van der Waals surface area contributed by atoms with Crippen LogP contribution in [0.4, 0.5) is 0 Å². The van der Waals surface area contributed by atoms with Crippen molar-refractivity contribution >= 4 is 53.2 Å². The van der Waals surface area contributed by atoms with Crippen LogP contribution in [0.25, 0.3) is 0 Å². The summed E-state index contributed by atoms with van der Waals surface area (Å²) in [6.07, 6.45) is 1.84. The van der Waals surface area contributed by atoms with E-state index in [1.165, 1.54) is 12.1 Å². The van der Waals surface area contributed by atoms with Gasteiger partial charge >= 0.3 is 0 Å². The molecule has 0 saturated heterocycles. The van der Waals surface area contributed by atoms with E-state index in [0.29, 0.717) is 12.5 Å². The summed E-state index contributed by atoms with van der Waals surface area (Å²) in [4.78, 5) is 11.9. The molecule has 0 saturated carbocycles. The predicted molar refractivity (Wildman–Crippen MR) is 88.6 cm³/mol. The maximum absolute atomic E-state index is 12.1. The van der Waals surface area contributed by atoms with E-state index < -0.39 is 15.0 Å². The number of hydrogen-bond donors (Lipinski definition) is 1. The molecule has 0 aliphatic rings. The van der Waals surface area contributed by atoms with Crippen molar-refractivity contribution in [3.8, 4) is 0 Å². The van der Waals surface area contributed by atoms with Crippen LogP contribution in [-0.2, 0) is 9.05 Å². The van der Waals surface area contributed by atoms with Crippen molar-refractivity contribution < 1.29 is 13.2 Å². The highest BCUT2D eigenvalue weighted by Crippen LogP contribution is 2.31. The minimum Gasteiger partial charge on any atom is -0.352 e. The zero-order valence-electron chi connectivity index (χ0n) is 11.6. The minimum atomic E-state index is -3.96. The van der Waals surface area contributed by atoms with E-state index in [2.05, 4.69) is 35.1 Å². The molecule has 1 aromatic carbocycles. The first kappa shape index (κ1) is 18.7. The first-order valence-corrected chi connectivity index (χ1v) is 9.83. The lowest BCUT2D eigenvalue weighted by atomic mass is 10.1. The summed E-state index contributed by atoms with van der Waals surface area (Å²) in [6, 6.07) is 2.52. The molecule has 0 aliphatic heterocycles. The molecule has 0 aromatic heterocycles. The number of carbonyl (C=O) groups excluding carboxylic acids is 1. The fourth-order valence-corrected chi connectivity index (χ4v) is 4.27. The molecule has 1 rings (SSSR count). The molecule has 1 N–H and O–H groups in total. The second-order valence-electron chi connectivity index (χ2n) is 4.99. The smallest absolute Gasteiger partial charge is 0.262 e. The van der Waals surface area contributed by atoms with Gasteiger partial charge in [0.25, 0.3) is 15.0 Å². The largest absolute Gasteiger partial charge is 0.352 e. The monoisotopic (exact) mass is 415 g/mol. The maximum atomic E-state index is 12.1. The summed E-state index contributed by atoms with van der Waals surface area (Å²) in [5, 5.41) is 2.88. The fraction of sp³-hybridized carbons (Fsp3) is 0.462. The molecule has 0 aliphatic carbocycles. The molecular weight excluding hydrogens is 401 g/mol. The van der Waals surface area contributed by atoms with Gasteiger partial charge in [0.1, 0.15) is 0 Å². The van der Waals surface area contributed by atoms with E-state index in [4.69, 9.17) is 22.3 Å². The van der Waals surface area contributed by atoms with E-state index >= 15 is 0 Å². The standard InChI is InChI=1S/C13H16BrCl2NO3S/c1-8(2)4-3-5-17-13(18)9-6-12(21(16,19)20)10(14)7-11(9)15/h6-8H,3-5H2,1-2H3,(H,17,18). The summed E-state index contributed by atoms with van der Waals surface area (Å²) in [5.41, 5.74) is 0.0867. The number of halogens is 3. The molecule has 0 heterocycles. The van der Waals surface area contributed by atoms with Gasteiger partial charge < -0.3 is 5.32 Å². The maximum Gasteiger partial charge on any atom is 0.262 e. The Morgan fingerprint density at radius 1 is 1.38 bits per heavy atom. The summed E-state index contributed by atoms with van der Waals surface area (Å²) >= 11 is 9.05. The van der Waals surface area contributed by atoms with E-state index in [0.717, 1.165) is 12.8 Å². The summed E-state index contributed by atoms with van der Waals surface area (Å²) < 4.78 is 23.1. The highest BCUT2D eigenvalue weighted by atomic mass is 79.9. The molecule has 1 aromatic rings. The third-order valence-corrected chi connectivity index (χ3v) is 5.37. The second kappa shape index (κ2) is 7.81. The summed E-state index contributed by atoms with van der Waals surface area (Å²) in [7, 11) is 1.37. The van der Waals surface area contributed by atoms with E-state index in [1.807, 2.05) is 0 Å². The van der Waals surface area contributed by atoms with Crippen molar-refractivity contribution in [2.24, 2.45) is 5.92 Å². The highest BCUT2D eigenvalue weighted by Gasteiger charge is 2.20. The zero-order chi connectivity index (χ0) is 16.2. The van der Waals surface area contributed by atoms with Crippen LogP contribution < -0.4 is 5.32 Å². The van der Waals surface area contributed by atoms with E-state index in [9.17, 15) is 13.2 Å². The van der Waals surface area contributed by atoms with Crippen LogP contribution in [0.2, 0.25) is 5.02 Å². The van der Waals surface area contributed by atoms with E-state index in [-0.39, 0.29) is 20.0 Å². The SMILES string of the molecule is CC(C)CCCNC(=O)c1cc(S(=O)(=O)Cl)c(Br)cc1Cl. The number of carbonyl (C=O) groups is 1. The predicted octanol–water partition coefficient (Wildman–Crippen LogP) is 4.20. The molecule has 0 spiro atoms. The van der Waals surface area contributed by atoms with Crippen molar-refractivity contribution in [3.05, 3.63) is 27.2 Å². The molecule has 4 nitrogen and oxygen atoms in total.